The fraction of sp³-hybridized carbons (Fsp3) is 0.227. The minimum Gasteiger partial charge on any atom is -0.274 e. The van der Waals surface area contributed by atoms with Gasteiger partial charge in [0.15, 0.2) is 5.82 Å². The van der Waals surface area contributed by atoms with Crippen molar-refractivity contribution in [1.82, 2.24) is 29.2 Å². The number of nitrogens with zero attached hydrogens (tertiary/aromatic N) is 6. The zero-order valence-electron chi connectivity index (χ0n) is 19.3. The number of aromatic nitrogens is 5. The Hall–Kier alpha value is -4.10. The number of halogens is 6. The van der Waals surface area contributed by atoms with Crippen LogP contribution in [0.15, 0.2) is 47.9 Å². The summed E-state index contributed by atoms with van der Waals surface area (Å²) in [5.41, 5.74) is -1.10. The van der Waals surface area contributed by atoms with Crippen molar-refractivity contribution in [3.8, 4) is 23.3 Å². The molecule has 0 amide bonds. The van der Waals surface area contributed by atoms with Gasteiger partial charge in [0.05, 0.1) is 40.6 Å². The molecule has 0 aliphatic rings. The molecule has 0 radical (unpaired) electrons. The van der Waals surface area contributed by atoms with Gasteiger partial charge in [-0.1, -0.05) is 0 Å². The highest BCUT2D eigenvalue weighted by Gasteiger charge is 2.39. The van der Waals surface area contributed by atoms with E-state index in [9.17, 15) is 40.0 Å². The summed E-state index contributed by atoms with van der Waals surface area (Å²) in [6, 6.07) is 2.24. The molecule has 38 heavy (non-hydrogen) atoms. The van der Waals surface area contributed by atoms with Gasteiger partial charge in [-0.15, -0.1) is 0 Å². The Balaban J connectivity index is 1.92. The SMILES string of the molecule is Cc1cnc(-n2c(-c3ccc(S(=O)(=O)N[C@H](C)C(F)(F)F)cn3)c(C#N)c3cc(C(F)(F)F)cnc32)cn1. The maximum absolute atomic E-state index is 13.4. The Morgan fingerprint density at radius 3 is 2.24 bits per heavy atom. The lowest BCUT2D eigenvalue weighted by atomic mass is 10.1. The minimum absolute atomic E-state index is 0.0727. The Labute approximate surface area is 210 Å². The molecule has 0 saturated heterocycles. The highest BCUT2D eigenvalue weighted by atomic mass is 32.2. The number of alkyl halides is 6. The van der Waals surface area contributed by atoms with Crippen LogP contribution in [0.2, 0.25) is 0 Å². The molecule has 9 nitrogen and oxygen atoms in total. The average Bonchev–Trinajstić information content (AvgIpc) is 3.17. The molecule has 0 unspecified atom stereocenters. The average molecular weight is 555 g/mol. The molecule has 1 N–H and O–H groups in total. The van der Waals surface area contributed by atoms with E-state index in [2.05, 4.69) is 19.9 Å². The van der Waals surface area contributed by atoms with Crippen LogP contribution < -0.4 is 4.72 Å². The second kappa shape index (κ2) is 9.33. The summed E-state index contributed by atoms with van der Waals surface area (Å²) in [4.78, 5) is 15.6. The van der Waals surface area contributed by atoms with E-state index in [-0.39, 0.29) is 33.8 Å². The van der Waals surface area contributed by atoms with Gasteiger partial charge in [-0.05, 0) is 32.0 Å². The van der Waals surface area contributed by atoms with Crippen molar-refractivity contribution in [1.29, 1.82) is 5.26 Å². The molecule has 0 saturated carbocycles. The predicted octanol–water partition coefficient (Wildman–Crippen LogP) is 4.31. The Morgan fingerprint density at radius 1 is 1.00 bits per heavy atom. The van der Waals surface area contributed by atoms with Gasteiger partial charge in [-0.2, -0.15) is 36.3 Å². The van der Waals surface area contributed by atoms with Gasteiger partial charge in [0.2, 0.25) is 10.0 Å². The number of aryl methyl sites for hydroxylation is 1. The molecule has 0 fully saturated rings. The molecule has 4 aromatic heterocycles. The third-order valence-electron chi connectivity index (χ3n) is 5.36. The topological polar surface area (TPSA) is 126 Å². The zero-order chi connectivity index (χ0) is 28.0. The molecule has 1 atom stereocenters. The third-order valence-corrected chi connectivity index (χ3v) is 6.88. The maximum Gasteiger partial charge on any atom is 0.417 e. The van der Waals surface area contributed by atoms with Crippen molar-refractivity contribution in [2.24, 2.45) is 0 Å². The maximum atomic E-state index is 13.4. The molecule has 0 aliphatic heterocycles. The van der Waals surface area contributed by atoms with Crippen molar-refractivity contribution < 1.29 is 34.8 Å². The molecule has 4 heterocycles. The summed E-state index contributed by atoms with van der Waals surface area (Å²) >= 11 is 0. The van der Waals surface area contributed by atoms with Gasteiger partial charge < -0.3 is 0 Å². The predicted molar refractivity (Wildman–Crippen MR) is 120 cm³/mol. The third kappa shape index (κ3) is 5.02. The quantitative estimate of drug-likeness (QED) is 0.364. The summed E-state index contributed by atoms with van der Waals surface area (Å²) < 4.78 is 106. The van der Waals surface area contributed by atoms with Gasteiger partial charge in [-0.3, -0.25) is 14.5 Å². The molecule has 198 valence electrons. The summed E-state index contributed by atoms with van der Waals surface area (Å²) in [6.45, 7) is 2.27. The number of pyridine rings is 2. The van der Waals surface area contributed by atoms with Crippen LogP contribution in [-0.4, -0.2) is 45.1 Å². The van der Waals surface area contributed by atoms with E-state index in [1.54, 1.807) is 6.92 Å². The first-order valence-corrected chi connectivity index (χ1v) is 12.0. The zero-order valence-corrected chi connectivity index (χ0v) is 20.1. The normalized spacial score (nSPS) is 13.4. The lowest BCUT2D eigenvalue weighted by Crippen LogP contribution is -2.42. The monoisotopic (exact) mass is 555 g/mol. The fourth-order valence-electron chi connectivity index (χ4n) is 3.45. The van der Waals surface area contributed by atoms with Crippen LogP contribution in [-0.2, 0) is 16.2 Å². The number of hydrogen-bond acceptors (Lipinski definition) is 7. The molecule has 0 spiro atoms. The standard InChI is InChI=1S/C22H15F6N7O2S/c1-11-7-32-18(10-30-11)35-19(16(6-29)15-5-13(22(26,27)28)8-33-20(15)35)17-4-3-14(9-31-17)38(36,37)34-12(2)21(23,24)25/h3-5,7-10,12,34H,1-2H3/t12-/m1/s1. The summed E-state index contributed by atoms with van der Waals surface area (Å²) in [7, 11) is -4.63. The first-order valence-electron chi connectivity index (χ1n) is 10.5. The molecule has 4 rings (SSSR count). The summed E-state index contributed by atoms with van der Waals surface area (Å²) in [6.07, 6.45) is -5.58. The van der Waals surface area contributed by atoms with E-state index >= 15 is 0 Å². The van der Waals surface area contributed by atoms with Crippen LogP contribution in [0, 0.1) is 18.3 Å². The van der Waals surface area contributed by atoms with E-state index in [1.807, 2.05) is 6.07 Å². The van der Waals surface area contributed by atoms with Crippen LogP contribution >= 0.6 is 0 Å². The smallest absolute Gasteiger partial charge is 0.274 e. The molecular weight excluding hydrogens is 540 g/mol. The van der Waals surface area contributed by atoms with E-state index < -0.39 is 38.9 Å². The molecule has 4 aromatic rings. The summed E-state index contributed by atoms with van der Waals surface area (Å²) in [5.74, 6) is 0.0727. The van der Waals surface area contributed by atoms with Gasteiger partial charge in [0.1, 0.15) is 22.7 Å². The number of hydrogen-bond donors (Lipinski definition) is 1. The molecule has 16 heteroatoms. The van der Waals surface area contributed by atoms with Crippen molar-refractivity contribution in [3.05, 3.63) is 59.8 Å². The Morgan fingerprint density at radius 2 is 1.71 bits per heavy atom. The highest BCUT2D eigenvalue weighted by molar-refractivity contribution is 7.89. The lowest BCUT2D eigenvalue weighted by Gasteiger charge is -2.17. The van der Waals surface area contributed by atoms with Crippen molar-refractivity contribution in [3.63, 3.8) is 0 Å². The first-order chi connectivity index (χ1) is 17.6. The van der Waals surface area contributed by atoms with E-state index in [4.69, 9.17) is 0 Å². The van der Waals surface area contributed by atoms with Gasteiger partial charge >= 0.3 is 12.4 Å². The van der Waals surface area contributed by atoms with Crippen molar-refractivity contribution >= 4 is 21.1 Å². The van der Waals surface area contributed by atoms with Gasteiger partial charge in [-0.25, -0.2) is 18.4 Å². The number of sulfonamides is 1. The van der Waals surface area contributed by atoms with E-state index in [0.717, 1.165) is 24.4 Å². The number of fused-ring (bicyclic) bond motifs is 1. The summed E-state index contributed by atoms with van der Waals surface area (Å²) in [5, 5.41) is 9.70. The minimum atomic E-state index is -4.83. The Bertz CT molecular complexity index is 1660. The lowest BCUT2D eigenvalue weighted by molar-refractivity contribution is -0.147. The largest absolute Gasteiger partial charge is 0.417 e. The van der Waals surface area contributed by atoms with Crippen LogP contribution in [0.4, 0.5) is 26.3 Å². The molecular formula is C22H15F6N7O2S. The second-order valence-electron chi connectivity index (χ2n) is 8.04. The Kier molecular flexibility index (Phi) is 6.62. The van der Waals surface area contributed by atoms with Crippen molar-refractivity contribution in [2.45, 2.75) is 37.1 Å². The second-order valence-corrected chi connectivity index (χ2v) is 9.76. The fourth-order valence-corrected chi connectivity index (χ4v) is 4.62. The first kappa shape index (κ1) is 26.9. The molecule has 0 aliphatic carbocycles. The molecule has 0 bridgehead atoms. The van der Waals surface area contributed by atoms with Gasteiger partial charge in [0, 0.05) is 17.8 Å². The van der Waals surface area contributed by atoms with Crippen LogP contribution in [0.25, 0.3) is 28.2 Å². The highest BCUT2D eigenvalue weighted by Crippen LogP contribution is 2.37. The van der Waals surface area contributed by atoms with E-state index in [0.29, 0.717) is 18.8 Å². The van der Waals surface area contributed by atoms with Crippen molar-refractivity contribution in [2.75, 3.05) is 0 Å². The van der Waals surface area contributed by atoms with Crippen LogP contribution in [0.3, 0.4) is 0 Å². The number of nitriles is 1. The molecule has 0 aromatic carbocycles. The van der Waals surface area contributed by atoms with Crippen LogP contribution in [0.1, 0.15) is 23.7 Å². The van der Waals surface area contributed by atoms with Crippen LogP contribution in [0.5, 0.6) is 0 Å². The van der Waals surface area contributed by atoms with E-state index in [1.165, 1.54) is 21.7 Å². The van der Waals surface area contributed by atoms with Gasteiger partial charge in [0.25, 0.3) is 0 Å². The number of nitrogens with one attached hydrogen (secondary N) is 1. The number of rotatable bonds is 5.